The van der Waals surface area contributed by atoms with Gasteiger partial charge in [-0.05, 0) is 61.7 Å². The standard InChI is InChI=1S/C29H27F6N3O3/c1-16-11-24(37-9-6-10-37)36-22(25(16)21-7-4-5-8-23(21)40-3)15-38-17(2)26(41-27(38)39)18-12-19(28(30,31)32)14-20(13-18)29(33,34)35/h4-5,7-8,11-14,17,26H,6,9-10,15H2,1-3H3. The first kappa shape index (κ1) is 28.6. The van der Waals surface area contributed by atoms with E-state index in [1.165, 1.54) is 18.9 Å². The quantitative estimate of drug-likeness (QED) is 0.285. The fourth-order valence-electron chi connectivity index (χ4n) is 5.22. The van der Waals surface area contributed by atoms with Gasteiger partial charge in [-0.3, -0.25) is 4.90 Å². The van der Waals surface area contributed by atoms with Gasteiger partial charge in [0.25, 0.3) is 0 Å². The van der Waals surface area contributed by atoms with E-state index in [9.17, 15) is 31.1 Å². The number of nitrogens with zero attached hydrogens (tertiary/aromatic N) is 3. The van der Waals surface area contributed by atoms with Crippen molar-refractivity contribution in [3.63, 3.8) is 0 Å². The molecule has 2 saturated heterocycles. The van der Waals surface area contributed by atoms with Gasteiger partial charge >= 0.3 is 18.4 Å². The maximum atomic E-state index is 13.5. The molecule has 1 amide bonds. The molecule has 2 aromatic carbocycles. The number of aryl methyl sites for hydroxylation is 1. The normalized spacial score (nSPS) is 19.3. The molecule has 3 heterocycles. The van der Waals surface area contributed by atoms with Crippen molar-refractivity contribution in [3.8, 4) is 16.9 Å². The van der Waals surface area contributed by atoms with Crippen LogP contribution in [0.15, 0.2) is 48.5 Å². The highest BCUT2D eigenvalue weighted by Crippen LogP contribution is 2.42. The maximum absolute atomic E-state index is 13.5. The largest absolute Gasteiger partial charge is 0.496 e. The predicted molar refractivity (Wildman–Crippen MR) is 138 cm³/mol. The number of pyridine rings is 1. The van der Waals surface area contributed by atoms with Crippen molar-refractivity contribution >= 4 is 11.9 Å². The number of halogens is 6. The highest BCUT2D eigenvalue weighted by molar-refractivity contribution is 5.78. The van der Waals surface area contributed by atoms with Gasteiger partial charge in [0.1, 0.15) is 17.7 Å². The summed E-state index contributed by atoms with van der Waals surface area (Å²) in [6.07, 6.45) is -11.3. The Hall–Kier alpha value is -3.96. The monoisotopic (exact) mass is 579 g/mol. The zero-order chi connectivity index (χ0) is 29.7. The van der Waals surface area contributed by atoms with Gasteiger partial charge in [-0.2, -0.15) is 26.3 Å². The van der Waals surface area contributed by atoms with Crippen LogP contribution in [-0.4, -0.2) is 42.2 Å². The van der Waals surface area contributed by atoms with E-state index in [-0.39, 0.29) is 18.2 Å². The first-order valence-electron chi connectivity index (χ1n) is 12.9. The summed E-state index contributed by atoms with van der Waals surface area (Å²) in [5, 5.41) is 0. The Morgan fingerprint density at radius 2 is 1.63 bits per heavy atom. The highest BCUT2D eigenvalue weighted by atomic mass is 19.4. The van der Waals surface area contributed by atoms with Gasteiger partial charge in [-0.15, -0.1) is 0 Å². The molecule has 0 bridgehead atoms. The van der Waals surface area contributed by atoms with Gasteiger partial charge < -0.3 is 14.4 Å². The molecule has 2 atom stereocenters. The van der Waals surface area contributed by atoms with Gasteiger partial charge in [0.05, 0.1) is 36.5 Å². The Balaban J connectivity index is 1.55. The van der Waals surface area contributed by atoms with Crippen LogP contribution in [0.3, 0.4) is 0 Å². The van der Waals surface area contributed by atoms with Crippen LogP contribution in [0.5, 0.6) is 5.75 Å². The van der Waals surface area contributed by atoms with Crippen molar-refractivity contribution in [3.05, 3.63) is 76.5 Å². The number of alkyl halides is 6. The summed E-state index contributed by atoms with van der Waals surface area (Å²) in [6, 6.07) is 9.58. The Labute approximate surface area is 232 Å². The third-order valence-electron chi connectivity index (χ3n) is 7.49. The molecular formula is C29H27F6N3O3. The lowest BCUT2D eigenvalue weighted by Crippen LogP contribution is -2.38. The number of carbonyl (C=O) groups is 1. The van der Waals surface area contributed by atoms with Gasteiger partial charge in [-0.1, -0.05) is 18.2 Å². The molecule has 2 unspecified atom stereocenters. The average Bonchev–Trinajstić information content (AvgIpc) is 3.15. The summed E-state index contributed by atoms with van der Waals surface area (Å²) >= 11 is 0. The second-order valence-electron chi connectivity index (χ2n) is 10.2. The Morgan fingerprint density at radius 3 is 2.20 bits per heavy atom. The predicted octanol–water partition coefficient (Wildman–Crippen LogP) is 7.40. The Bertz CT molecular complexity index is 1440. The second-order valence-corrected chi connectivity index (χ2v) is 10.2. The van der Waals surface area contributed by atoms with Crippen LogP contribution < -0.4 is 9.64 Å². The molecule has 0 spiro atoms. The number of para-hydroxylation sites is 1. The Morgan fingerprint density at radius 1 is 1.00 bits per heavy atom. The topological polar surface area (TPSA) is 54.9 Å². The number of amides is 1. The molecule has 1 aromatic heterocycles. The van der Waals surface area contributed by atoms with Gasteiger partial charge in [0.2, 0.25) is 0 Å². The number of cyclic esters (lactones) is 1. The first-order chi connectivity index (χ1) is 19.3. The molecule has 0 aliphatic carbocycles. The molecule has 2 fully saturated rings. The van der Waals surface area contributed by atoms with Gasteiger partial charge in [-0.25, -0.2) is 9.78 Å². The van der Waals surface area contributed by atoms with Crippen LogP contribution in [0.1, 0.15) is 47.4 Å². The van der Waals surface area contributed by atoms with E-state index in [1.807, 2.05) is 31.2 Å². The minimum absolute atomic E-state index is 0.0518. The van der Waals surface area contributed by atoms with E-state index in [1.54, 1.807) is 6.07 Å². The molecule has 2 aliphatic rings. The van der Waals surface area contributed by atoms with Crippen LogP contribution in [0, 0.1) is 6.92 Å². The second kappa shape index (κ2) is 10.5. The Kier molecular flexibility index (Phi) is 7.29. The fourth-order valence-corrected chi connectivity index (χ4v) is 5.22. The summed E-state index contributed by atoms with van der Waals surface area (Å²) in [5.74, 6) is 1.29. The lowest BCUT2D eigenvalue weighted by Gasteiger charge is -2.33. The molecule has 5 rings (SSSR count). The van der Waals surface area contributed by atoms with E-state index in [2.05, 4.69) is 4.90 Å². The summed E-state index contributed by atoms with van der Waals surface area (Å²) in [7, 11) is 1.53. The summed E-state index contributed by atoms with van der Waals surface area (Å²) in [4.78, 5) is 21.3. The van der Waals surface area contributed by atoms with Crippen molar-refractivity contribution < 1.29 is 40.6 Å². The fraction of sp³-hybridized carbons (Fsp3) is 0.379. The minimum atomic E-state index is -5.02. The average molecular weight is 580 g/mol. The van der Waals surface area contributed by atoms with Crippen LogP contribution in [0.2, 0.25) is 0 Å². The lowest BCUT2D eigenvalue weighted by molar-refractivity contribution is -0.143. The molecule has 12 heteroatoms. The van der Waals surface area contributed by atoms with Crippen molar-refractivity contribution in [2.45, 2.75) is 51.3 Å². The molecule has 0 N–H and O–H groups in total. The van der Waals surface area contributed by atoms with Crippen molar-refractivity contribution in [2.24, 2.45) is 0 Å². The number of hydrogen-bond donors (Lipinski definition) is 0. The molecule has 41 heavy (non-hydrogen) atoms. The van der Waals surface area contributed by atoms with Gasteiger partial charge in [0, 0.05) is 24.2 Å². The maximum Gasteiger partial charge on any atom is 0.416 e. The number of hydrogen-bond acceptors (Lipinski definition) is 5. The number of carbonyl (C=O) groups excluding carboxylic acids is 1. The lowest BCUT2D eigenvalue weighted by atomic mass is 9.95. The number of aromatic nitrogens is 1. The number of benzene rings is 2. The van der Waals surface area contributed by atoms with Crippen LogP contribution in [-0.2, 0) is 23.6 Å². The molecule has 218 valence electrons. The SMILES string of the molecule is COc1ccccc1-c1c(C)cc(N2CCC2)nc1CN1C(=O)OC(c2cc(C(F)(F)F)cc(C(F)(F)F)c2)C1C. The van der Waals surface area contributed by atoms with E-state index in [0.29, 0.717) is 35.0 Å². The number of rotatable bonds is 6. The first-order valence-corrected chi connectivity index (χ1v) is 12.9. The molecule has 0 radical (unpaired) electrons. The zero-order valence-electron chi connectivity index (χ0n) is 22.4. The number of anilines is 1. The molecule has 0 saturated carbocycles. The van der Waals surface area contributed by atoms with E-state index < -0.39 is 41.7 Å². The number of ether oxygens (including phenoxy) is 2. The van der Waals surface area contributed by atoms with Crippen molar-refractivity contribution in [1.82, 2.24) is 9.88 Å². The van der Waals surface area contributed by atoms with Crippen molar-refractivity contribution in [2.75, 3.05) is 25.1 Å². The van der Waals surface area contributed by atoms with Crippen molar-refractivity contribution in [1.29, 1.82) is 0 Å². The minimum Gasteiger partial charge on any atom is -0.496 e. The number of methoxy groups -OCH3 is 1. The van der Waals surface area contributed by atoms with Crippen LogP contribution in [0.4, 0.5) is 37.0 Å². The van der Waals surface area contributed by atoms with Crippen LogP contribution >= 0.6 is 0 Å². The van der Waals surface area contributed by atoms with E-state index in [0.717, 1.165) is 30.6 Å². The summed E-state index contributed by atoms with van der Waals surface area (Å²) < 4.78 is 91.9. The summed E-state index contributed by atoms with van der Waals surface area (Å²) in [6.45, 7) is 4.99. The zero-order valence-corrected chi connectivity index (χ0v) is 22.4. The molecule has 3 aromatic rings. The van der Waals surface area contributed by atoms with Gasteiger partial charge in [0.15, 0.2) is 0 Å². The molecule has 6 nitrogen and oxygen atoms in total. The smallest absolute Gasteiger partial charge is 0.416 e. The molecule has 2 aliphatic heterocycles. The molecular weight excluding hydrogens is 552 g/mol. The van der Waals surface area contributed by atoms with E-state index in [4.69, 9.17) is 14.5 Å². The summed E-state index contributed by atoms with van der Waals surface area (Å²) in [5.41, 5.74) is -0.516. The van der Waals surface area contributed by atoms with E-state index >= 15 is 0 Å². The van der Waals surface area contributed by atoms with Crippen LogP contribution in [0.25, 0.3) is 11.1 Å². The third kappa shape index (κ3) is 5.51. The third-order valence-corrected chi connectivity index (χ3v) is 7.49. The highest BCUT2D eigenvalue weighted by Gasteiger charge is 2.43.